The van der Waals surface area contributed by atoms with Crippen molar-refractivity contribution < 1.29 is 4.74 Å². The number of rotatable bonds is 3. The first-order valence-corrected chi connectivity index (χ1v) is 9.19. The zero-order valence-electron chi connectivity index (χ0n) is 14.7. The van der Waals surface area contributed by atoms with Crippen LogP contribution in [0.25, 0.3) is 0 Å². The number of aliphatic imine (C=N–C) groups is 1. The number of ether oxygens (including phenoxy) is 1. The molecule has 0 spiro atoms. The summed E-state index contributed by atoms with van der Waals surface area (Å²) in [4.78, 5) is 15.2. The van der Waals surface area contributed by atoms with Crippen molar-refractivity contribution in [3.63, 3.8) is 0 Å². The van der Waals surface area contributed by atoms with Gasteiger partial charge in [-0.05, 0) is 20.3 Å². The van der Waals surface area contributed by atoms with Gasteiger partial charge >= 0.3 is 0 Å². The quantitative estimate of drug-likeness (QED) is 0.420. The standard InChI is InChI=1S/C16H27N5OS.HI/c1-12-15(23-13(2)19-12)10-18-16(17-3)21-5-4-14(11-21)20-6-8-22-9-7-20;/h14H,4-11H2,1-3H3,(H,17,18);1H. The Morgan fingerprint density at radius 2 is 2.08 bits per heavy atom. The first-order chi connectivity index (χ1) is 11.2. The van der Waals surface area contributed by atoms with Crippen molar-refractivity contribution in [1.82, 2.24) is 20.1 Å². The van der Waals surface area contributed by atoms with Gasteiger partial charge in [0.05, 0.1) is 30.5 Å². The fraction of sp³-hybridized carbons (Fsp3) is 0.750. The van der Waals surface area contributed by atoms with Gasteiger partial charge in [0.2, 0.25) is 0 Å². The van der Waals surface area contributed by atoms with Crippen LogP contribution < -0.4 is 5.32 Å². The van der Waals surface area contributed by atoms with Crippen molar-refractivity contribution in [3.8, 4) is 0 Å². The lowest BCUT2D eigenvalue weighted by Crippen LogP contribution is -2.46. The average molecular weight is 465 g/mol. The van der Waals surface area contributed by atoms with Crippen molar-refractivity contribution >= 4 is 41.3 Å². The fourth-order valence-corrected chi connectivity index (χ4v) is 4.28. The van der Waals surface area contributed by atoms with Gasteiger partial charge in [0.1, 0.15) is 0 Å². The third-order valence-corrected chi connectivity index (χ3v) is 5.72. The Bertz CT molecular complexity index is 559. The Labute approximate surface area is 165 Å². The molecular formula is C16H28IN5OS. The van der Waals surface area contributed by atoms with Crippen LogP contribution in [0.15, 0.2) is 4.99 Å². The summed E-state index contributed by atoms with van der Waals surface area (Å²) in [5.41, 5.74) is 1.13. The number of guanidine groups is 1. The second-order valence-electron chi connectivity index (χ2n) is 6.18. The second kappa shape index (κ2) is 9.30. The van der Waals surface area contributed by atoms with Crippen molar-refractivity contribution in [3.05, 3.63) is 15.6 Å². The van der Waals surface area contributed by atoms with Gasteiger partial charge in [-0.2, -0.15) is 0 Å². The highest BCUT2D eigenvalue weighted by Gasteiger charge is 2.30. The van der Waals surface area contributed by atoms with Gasteiger partial charge in [0, 0.05) is 44.1 Å². The van der Waals surface area contributed by atoms with E-state index in [1.54, 1.807) is 11.3 Å². The van der Waals surface area contributed by atoms with Gasteiger partial charge in [-0.25, -0.2) is 4.98 Å². The third kappa shape index (κ3) is 4.80. The topological polar surface area (TPSA) is 53.0 Å². The maximum Gasteiger partial charge on any atom is 0.193 e. The maximum atomic E-state index is 5.46. The predicted octanol–water partition coefficient (Wildman–Crippen LogP) is 1.86. The molecule has 3 rings (SSSR count). The molecule has 2 fully saturated rings. The second-order valence-corrected chi connectivity index (χ2v) is 7.47. The summed E-state index contributed by atoms with van der Waals surface area (Å²) in [7, 11) is 1.87. The normalized spacial score (nSPS) is 22.5. The number of aryl methyl sites for hydroxylation is 2. The lowest BCUT2D eigenvalue weighted by atomic mass is 10.2. The summed E-state index contributed by atoms with van der Waals surface area (Å²) >= 11 is 1.76. The summed E-state index contributed by atoms with van der Waals surface area (Å²) in [6.45, 7) is 10.9. The van der Waals surface area contributed by atoms with Gasteiger partial charge < -0.3 is 15.0 Å². The van der Waals surface area contributed by atoms with Crippen molar-refractivity contribution in [2.24, 2.45) is 4.99 Å². The van der Waals surface area contributed by atoms with Crippen LogP contribution in [0.5, 0.6) is 0 Å². The Morgan fingerprint density at radius 1 is 1.33 bits per heavy atom. The minimum atomic E-state index is 0. The summed E-state index contributed by atoms with van der Waals surface area (Å²) in [6.07, 6.45) is 1.21. The number of hydrogen-bond acceptors (Lipinski definition) is 5. The molecule has 0 radical (unpaired) electrons. The van der Waals surface area contributed by atoms with E-state index >= 15 is 0 Å². The third-order valence-electron chi connectivity index (χ3n) is 4.64. The number of morpholine rings is 1. The molecule has 3 heterocycles. The SMILES string of the molecule is CN=C(NCc1sc(C)nc1C)N1CCC(N2CCOCC2)C1.I. The zero-order valence-corrected chi connectivity index (χ0v) is 17.9. The van der Waals surface area contributed by atoms with E-state index in [0.717, 1.165) is 62.6 Å². The van der Waals surface area contributed by atoms with E-state index in [-0.39, 0.29) is 24.0 Å². The number of nitrogens with zero attached hydrogens (tertiary/aromatic N) is 4. The Hall–Kier alpha value is -0.450. The Kier molecular flexibility index (Phi) is 7.70. The molecule has 8 heteroatoms. The molecule has 1 N–H and O–H groups in total. The van der Waals surface area contributed by atoms with E-state index in [0.29, 0.717) is 6.04 Å². The molecule has 1 unspecified atom stereocenters. The lowest BCUT2D eigenvalue weighted by Gasteiger charge is -2.32. The maximum absolute atomic E-state index is 5.46. The number of aromatic nitrogens is 1. The predicted molar refractivity (Wildman–Crippen MR) is 110 cm³/mol. The Balaban J connectivity index is 0.00000208. The molecule has 136 valence electrons. The fourth-order valence-electron chi connectivity index (χ4n) is 3.40. The van der Waals surface area contributed by atoms with Gasteiger partial charge in [-0.1, -0.05) is 0 Å². The molecule has 2 aliphatic rings. The first kappa shape index (κ1) is 19.9. The van der Waals surface area contributed by atoms with Crippen molar-refractivity contribution in [2.75, 3.05) is 46.4 Å². The molecule has 0 amide bonds. The van der Waals surface area contributed by atoms with Gasteiger partial charge in [0.25, 0.3) is 0 Å². The summed E-state index contributed by atoms with van der Waals surface area (Å²) in [5, 5.41) is 4.64. The van der Waals surface area contributed by atoms with Crippen LogP contribution in [0.3, 0.4) is 0 Å². The van der Waals surface area contributed by atoms with E-state index in [4.69, 9.17) is 4.74 Å². The summed E-state index contributed by atoms with van der Waals surface area (Å²) < 4.78 is 5.46. The van der Waals surface area contributed by atoms with Crippen LogP contribution in [0, 0.1) is 13.8 Å². The molecule has 1 aromatic rings. The molecular weight excluding hydrogens is 437 g/mol. The van der Waals surface area contributed by atoms with E-state index in [9.17, 15) is 0 Å². The van der Waals surface area contributed by atoms with E-state index in [1.807, 2.05) is 7.05 Å². The van der Waals surface area contributed by atoms with Gasteiger partial charge in [0.15, 0.2) is 5.96 Å². The van der Waals surface area contributed by atoms with Gasteiger partial charge in [-0.3, -0.25) is 9.89 Å². The number of nitrogens with one attached hydrogen (secondary N) is 1. The van der Waals surface area contributed by atoms with Crippen LogP contribution >= 0.6 is 35.3 Å². The molecule has 1 aromatic heterocycles. The average Bonchev–Trinajstić information content (AvgIpc) is 3.16. The van der Waals surface area contributed by atoms with Crippen LogP contribution in [-0.4, -0.2) is 73.2 Å². The van der Waals surface area contributed by atoms with Crippen LogP contribution in [0.4, 0.5) is 0 Å². The number of halogens is 1. The number of likely N-dealkylation sites (tertiary alicyclic amines) is 1. The van der Waals surface area contributed by atoms with E-state index < -0.39 is 0 Å². The van der Waals surface area contributed by atoms with Crippen molar-refractivity contribution in [1.29, 1.82) is 0 Å². The van der Waals surface area contributed by atoms with Crippen LogP contribution in [-0.2, 0) is 11.3 Å². The number of thiazole rings is 1. The highest BCUT2D eigenvalue weighted by atomic mass is 127. The van der Waals surface area contributed by atoms with Crippen LogP contribution in [0.1, 0.15) is 22.0 Å². The highest BCUT2D eigenvalue weighted by molar-refractivity contribution is 14.0. The summed E-state index contributed by atoms with van der Waals surface area (Å²) in [5.74, 6) is 1.01. The summed E-state index contributed by atoms with van der Waals surface area (Å²) in [6, 6.07) is 0.629. The molecule has 24 heavy (non-hydrogen) atoms. The Morgan fingerprint density at radius 3 is 2.71 bits per heavy atom. The van der Waals surface area contributed by atoms with Gasteiger partial charge in [-0.15, -0.1) is 35.3 Å². The molecule has 6 nitrogen and oxygen atoms in total. The lowest BCUT2D eigenvalue weighted by molar-refractivity contribution is 0.0195. The van der Waals surface area contributed by atoms with E-state index in [1.165, 1.54) is 11.3 Å². The molecule has 1 atom stereocenters. The monoisotopic (exact) mass is 465 g/mol. The largest absolute Gasteiger partial charge is 0.379 e. The highest BCUT2D eigenvalue weighted by Crippen LogP contribution is 2.19. The molecule has 0 aromatic carbocycles. The van der Waals surface area contributed by atoms with Crippen molar-refractivity contribution in [2.45, 2.75) is 32.9 Å². The molecule has 2 aliphatic heterocycles. The first-order valence-electron chi connectivity index (χ1n) is 8.37. The molecule has 0 aliphatic carbocycles. The molecule has 0 bridgehead atoms. The van der Waals surface area contributed by atoms with E-state index in [2.05, 4.69) is 38.9 Å². The zero-order chi connectivity index (χ0) is 16.2. The minimum Gasteiger partial charge on any atom is -0.379 e. The smallest absolute Gasteiger partial charge is 0.193 e. The minimum absolute atomic E-state index is 0. The van der Waals surface area contributed by atoms with Crippen LogP contribution in [0.2, 0.25) is 0 Å². The molecule has 0 saturated carbocycles. The molecule has 2 saturated heterocycles. The number of hydrogen-bond donors (Lipinski definition) is 1.